The number of hydrogen-bond acceptors (Lipinski definition) is 4. The van der Waals surface area contributed by atoms with Crippen LogP contribution in [0.2, 0.25) is 0 Å². The maximum atomic E-state index is 10.9. The molecule has 4 nitrogen and oxygen atoms in total. The van der Waals surface area contributed by atoms with Gasteiger partial charge in [-0.1, -0.05) is 13.8 Å². The van der Waals surface area contributed by atoms with Gasteiger partial charge in [0.2, 0.25) is 0 Å². The van der Waals surface area contributed by atoms with Gasteiger partial charge in [-0.2, -0.15) is 0 Å². The molecule has 3 unspecified atom stereocenters. The van der Waals surface area contributed by atoms with Crippen molar-refractivity contribution >= 4 is 0 Å². The van der Waals surface area contributed by atoms with E-state index in [2.05, 4.69) is 13.8 Å². The Hall–Kier alpha value is -0.160. The lowest BCUT2D eigenvalue weighted by atomic mass is 9.75. The van der Waals surface area contributed by atoms with Gasteiger partial charge in [0.25, 0.3) is 0 Å². The van der Waals surface area contributed by atoms with Gasteiger partial charge in [0.15, 0.2) is 0 Å². The Kier molecular flexibility index (Phi) is 5.46. The molecule has 3 atom stereocenters. The monoisotopic (exact) mass is 286 g/mol. The number of hydrogen-bond donors (Lipinski definition) is 1. The van der Waals surface area contributed by atoms with Crippen LogP contribution in [0.25, 0.3) is 0 Å². The van der Waals surface area contributed by atoms with E-state index < -0.39 is 11.7 Å². The van der Waals surface area contributed by atoms with E-state index in [-0.39, 0.29) is 11.5 Å². The normalized spacial score (nSPS) is 32.7. The number of ether oxygens (including phenoxy) is 3. The van der Waals surface area contributed by atoms with Gasteiger partial charge in [-0.05, 0) is 38.5 Å². The Morgan fingerprint density at radius 1 is 1.30 bits per heavy atom. The van der Waals surface area contributed by atoms with Crippen molar-refractivity contribution in [2.75, 3.05) is 26.4 Å². The summed E-state index contributed by atoms with van der Waals surface area (Å²) >= 11 is 0. The first-order valence-corrected chi connectivity index (χ1v) is 8.15. The average molecular weight is 286 g/mol. The summed E-state index contributed by atoms with van der Waals surface area (Å²) in [6.07, 6.45) is 4.04. The zero-order chi connectivity index (χ0) is 14.6. The fourth-order valence-electron chi connectivity index (χ4n) is 3.87. The predicted octanol–water partition coefficient (Wildman–Crippen LogP) is 2.53. The SMILES string of the molecule is CCOC(CC)(CC)C(O)C1CCOC2(CCOC2)C1. The van der Waals surface area contributed by atoms with Crippen molar-refractivity contribution in [3.8, 4) is 0 Å². The van der Waals surface area contributed by atoms with Gasteiger partial charge in [0.1, 0.15) is 0 Å². The van der Waals surface area contributed by atoms with Gasteiger partial charge in [-0.3, -0.25) is 0 Å². The van der Waals surface area contributed by atoms with Crippen molar-refractivity contribution in [3.63, 3.8) is 0 Å². The third kappa shape index (κ3) is 3.03. The van der Waals surface area contributed by atoms with Crippen molar-refractivity contribution in [1.82, 2.24) is 0 Å². The van der Waals surface area contributed by atoms with Crippen molar-refractivity contribution in [1.29, 1.82) is 0 Å². The third-order valence-corrected chi connectivity index (χ3v) is 5.21. The lowest BCUT2D eigenvalue weighted by molar-refractivity contribution is -0.177. The molecule has 1 spiro atoms. The fraction of sp³-hybridized carbons (Fsp3) is 1.00. The molecule has 2 aliphatic rings. The second-order valence-corrected chi connectivity index (χ2v) is 6.24. The van der Waals surface area contributed by atoms with E-state index in [4.69, 9.17) is 14.2 Å². The molecule has 0 aromatic rings. The van der Waals surface area contributed by atoms with Crippen LogP contribution in [-0.4, -0.2) is 48.8 Å². The first-order chi connectivity index (χ1) is 9.61. The molecule has 2 fully saturated rings. The van der Waals surface area contributed by atoms with Crippen molar-refractivity contribution < 1.29 is 19.3 Å². The van der Waals surface area contributed by atoms with Crippen molar-refractivity contribution in [2.24, 2.45) is 5.92 Å². The second-order valence-electron chi connectivity index (χ2n) is 6.24. The van der Waals surface area contributed by atoms with E-state index in [0.717, 1.165) is 45.3 Å². The molecule has 0 aliphatic carbocycles. The highest BCUT2D eigenvalue weighted by molar-refractivity contribution is 4.97. The van der Waals surface area contributed by atoms with Gasteiger partial charge in [0, 0.05) is 26.2 Å². The summed E-state index contributed by atoms with van der Waals surface area (Å²) in [4.78, 5) is 0. The van der Waals surface area contributed by atoms with Crippen LogP contribution in [0.15, 0.2) is 0 Å². The van der Waals surface area contributed by atoms with Crippen LogP contribution in [0, 0.1) is 5.92 Å². The van der Waals surface area contributed by atoms with E-state index in [1.807, 2.05) is 6.92 Å². The first-order valence-electron chi connectivity index (χ1n) is 8.15. The zero-order valence-corrected chi connectivity index (χ0v) is 13.2. The highest BCUT2D eigenvalue weighted by Crippen LogP contribution is 2.41. The average Bonchev–Trinajstić information content (AvgIpc) is 2.92. The molecular weight excluding hydrogens is 256 g/mol. The van der Waals surface area contributed by atoms with E-state index in [9.17, 15) is 5.11 Å². The van der Waals surface area contributed by atoms with Crippen LogP contribution < -0.4 is 0 Å². The van der Waals surface area contributed by atoms with Crippen LogP contribution in [0.1, 0.15) is 52.9 Å². The maximum Gasteiger partial charge on any atom is 0.0940 e. The molecule has 2 rings (SSSR count). The fourth-order valence-corrected chi connectivity index (χ4v) is 3.87. The standard InChI is InChI=1S/C16H30O4/c1-4-16(5-2,19-6-3)14(17)13-7-9-20-15(11-13)8-10-18-12-15/h13-14,17H,4-12H2,1-3H3. The van der Waals surface area contributed by atoms with Gasteiger partial charge in [0.05, 0.1) is 23.9 Å². The largest absolute Gasteiger partial charge is 0.390 e. The molecule has 0 radical (unpaired) electrons. The molecule has 2 heterocycles. The van der Waals surface area contributed by atoms with Gasteiger partial charge in [-0.25, -0.2) is 0 Å². The van der Waals surface area contributed by atoms with Crippen molar-refractivity contribution in [3.05, 3.63) is 0 Å². The second kappa shape index (κ2) is 6.73. The molecule has 20 heavy (non-hydrogen) atoms. The topological polar surface area (TPSA) is 47.9 Å². The summed E-state index contributed by atoms with van der Waals surface area (Å²) in [6.45, 7) is 9.05. The summed E-state index contributed by atoms with van der Waals surface area (Å²) < 4.78 is 17.5. The van der Waals surface area contributed by atoms with Gasteiger partial charge in [-0.15, -0.1) is 0 Å². The van der Waals surface area contributed by atoms with E-state index in [0.29, 0.717) is 13.2 Å². The molecule has 2 saturated heterocycles. The third-order valence-electron chi connectivity index (χ3n) is 5.21. The Labute approximate surface area is 122 Å². The minimum atomic E-state index is -0.418. The summed E-state index contributed by atoms with van der Waals surface area (Å²) in [7, 11) is 0. The lowest BCUT2D eigenvalue weighted by Crippen LogP contribution is -2.52. The molecule has 2 aliphatic heterocycles. The first kappa shape index (κ1) is 16.2. The Morgan fingerprint density at radius 3 is 2.60 bits per heavy atom. The molecule has 0 bridgehead atoms. The molecule has 0 amide bonds. The smallest absolute Gasteiger partial charge is 0.0940 e. The maximum absolute atomic E-state index is 10.9. The molecule has 0 aromatic carbocycles. The molecule has 118 valence electrons. The highest BCUT2D eigenvalue weighted by Gasteiger charge is 2.47. The van der Waals surface area contributed by atoms with Gasteiger partial charge >= 0.3 is 0 Å². The molecule has 0 aromatic heterocycles. The lowest BCUT2D eigenvalue weighted by Gasteiger charge is -2.45. The van der Waals surface area contributed by atoms with Crippen LogP contribution >= 0.6 is 0 Å². The highest BCUT2D eigenvalue weighted by atomic mass is 16.6. The minimum Gasteiger partial charge on any atom is -0.390 e. The van der Waals surface area contributed by atoms with E-state index in [1.54, 1.807) is 0 Å². The summed E-state index contributed by atoms with van der Waals surface area (Å²) in [5.41, 5.74) is -0.555. The summed E-state index contributed by atoms with van der Waals surface area (Å²) in [6, 6.07) is 0. The Balaban J connectivity index is 2.08. The number of aliphatic hydroxyl groups is 1. The van der Waals surface area contributed by atoms with Crippen LogP contribution in [0.3, 0.4) is 0 Å². The van der Waals surface area contributed by atoms with Crippen molar-refractivity contribution in [2.45, 2.75) is 70.2 Å². The van der Waals surface area contributed by atoms with Crippen LogP contribution in [0.4, 0.5) is 0 Å². The number of rotatable bonds is 6. The molecule has 1 N–H and O–H groups in total. The Morgan fingerprint density at radius 2 is 2.05 bits per heavy atom. The molecular formula is C16H30O4. The van der Waals surface area contributed by atoms with Crippen LogP contribution in [-0.2, 0) is 14.2 Å². The van der Waals surface area contributed by atoms with E-state index >= 15 is 0 Å². The molecule has 0 saturated carbocycles. The predicted molar refractivity (Wildman–Crippen MR) is 77.8 cm³/mol. The Bertz CT molecular complexity index is 295. The minimum absolute atomic E-state index is 0.149. The van der Waals surface area contributed by atoms with Crippen LogP contribution in [0.5, 0.6) is 0 Å². The summed E-state index contributed by atoms with van der Waals surface area (Å²) in [5.74, 6) is 0.247. The number of aliphatic hydroxyl groups excluding tert-OH is 1. The molecule has 4 heteroatoms. The van der Waals surface area contributed by atoms with E-state index in [1.165, 1.54) is 0 Å². The zero-order valence-electron chi connectivity index (χ0n) is 13.2. The quantitative estimate of drug-likeness (QED) is 0.815. The summed E-state index contributed by atoms with van der Waals surface area (Å²) in [5, 5.41) is 10.9. The van der Waals surface area contributed by atoms with Gasteiger partial charge < -0.3 is 19.3 Å².